The van der Waals surface area contributed by atoms with Crippen LogP contribution in [0.1, 0.15) is 18.4 Å². The van der Waals surface area contributed by atoms with Crippen molar-refractivity contribution in [2.24, 2.45) is 11.7 Å². The summed E-state index contributed by atoms with van der Waals surface area (Å²) in [6.07, 6.45) is 2.48. The van der Waals surface area contributed by atoms with Crippen LogP contribution in [0.2, 0.25) is 0 Å². The van der Waals surface area contributed by atoms with Crippen molar-refractivity contribution in [2.75, 3.05) is 25.5 Å². The maximum atomic E-state index is 12.1. The monoisotopic (exact) mass is 387 g/mol. The third kappa shape index (κ3) is 4.17. The van der Waals surface area contributed by atoms with Gasteiger partial charge in [0, 0.05) is 21.8 Å². The predicted molar refractivity (Wildman–Crippen MR) is 90.7 cm³/mol. The molecule has 1 fully saturated rings. The van der Waals surface area contributed by atoms with Crippen molar-refractivity contribution in [3.8, 4) is 0 Å². The number of likely N-dealkylation sites (N-methyl/N-ethyl adjacent to an activating group) is 1. The zero-order valence-corrected chi connectivity index (χ0v) is 14.2. The lowest BCUT2D eigenvalue weighted by Crippen LogP contribution is -2.43. The highest BCUT2D eigenvalue weighted by molar-refractivity contribution is 14.1. The molecular weight excluding hydrogens is 365 g/mol. The minimum Gasteiger partial charge on any atom is -0.329 e. The summed E-state index contributed by atoms with van der Waals surface area (Å²) in [4.78, 5) is 14.2. The number of benzene rings is 1. The van der Waals surface area contributed by atoms with Gasteiger partial charge in [-0.05, 0) is 79.1 Å². The molecule has 0 spiro atoms. The number of anilines is 1. The standard InChI is InChI=1S/C15H22IN3O/c1-10-7-12(16)5-6-13(10)18-15(20)9-19(2)14(8-17)11-3-4-11/h5-7,11,14H,3-4,8-9,17H2,1-2H3,(H,18,20). The Morgan fingerprint density at radius 2 is 2.25 bits per heavy atom. The van der Waals surface area contributed by atoms with Crippen LogP contribution in [0, 0.1) is 16.4 Å². The number of hydrogen-bond acceptors (Lipinski definition) is 3. The van der Waals surface area contributed by atoms with E-state index in [1.807, 2.05) is 26.1 Å². The number of carbonyl (C=O) groups excluding carboxylic acids is 1. The van der Waals surface area contributed by atoms with Crippen LogP contribution in [-0.2, 0) is 4.79 Å². The third-order valence-corrected chi connectivity index (χ3v) is 4.50. The first-order valence-corrected chi connectivity index (χ1v) is 8.05. The van der Waals surface area contributed by atoms with Gasteiger partial charge in [0.15, 0.2) is 0 Å². The van der Waals surface area contributed by atoms with E-state index >= 15 is 0 Å². The molecule has 3 N–H and O–H groups in total. The van der Waals surface area contributed by atoms with Crippen LogP contribution in [0.25, 0.3) is 0 Å². The molecule has 2 rings (SSSR count). The summed E-state index contributed by atoms with van der Waals surface area (Å²) in [7, 11) is 1.98. The molecule has 1 amide bonds. The zero-order chi connectivity index (χ0) is 14.7. The molecule has 0 bridgehead atoms. The van der Waals surface area contributed by atoms with Gasteiger partial charge in [-0.1, -0.05) is 0 Å². The Labute approximate surface area is 134 Å². The van der Waals surface area contributed by atoms with Crippen LogP contribution in [0.15, 0.2) is 18.2 Å². The van der Waals surface area contributed by atoms with E-state index in [-0.39, 0.29) is 5.91 Å². The van der Waals surface area contributed by atoms with Crippen LogP contribution >= 0.6 is 22.6 Å². The van der Waals surface area contributed by atoms with Crippen LogP contribution < -0.4 is 11.1 Å². The minimum atomic E-state index is 0.0240. The average molecular weight is 387 g/mol. The Morgan fingerprint density at radius 1 is 1.55 bits per heavy atom. The summed E-state index contributed by atoms with van der Waals surface area (Å²) in [5.41, 5.74) is 7.79. The van der Waals surface area contributed by atoms with Crippen LogP contribution in [0.5, 0.6) is 0 Å². The van der Waals surface area contributed by atoms with Crippen molar-refractivity contribution in [3.05, 3.63) is 27.3 Å². The number of nitrogens with two attached hydrogens (primary N) is 1. The minimum absolute atomic E-state index is 0.0240. The first-order chi connectivity index (χ1) is 9.51. The van der Waals surface area contributed by atoms with E-state index in [0.29, 0.717) is 25.0 Å². The molecule has 0 heterocycles. The van der Waals surface area contributed by atoms with Crippen molar-refractivity contribution >= 4 is 34.2 Å². The van der Waals surface area contributed by atoms with E-state index in [0.717, 1.165) is 11.3 Å². The third-order valence-electron chi connectivity index (χ3n) is 3.83. The van der Waals surface area contributed by atoms with Gasteiger partial charge >= 0.3 is 0 Å². The summed E-state index contributed by atoms with van der Waals surface area (Å²) >= 11 is 2.27. The lowest BCUT2D eigenvalue weighted by molar-refractivity contribution is -0.117. The number of nitrogens with one attached hydrogen (secondary N) is 1. The fraction of sp³-hybridized carbons (Fsp3) is 0.533. The molecule has 110 valence electrons. The number of nitrogens with zero attached hydrogens (tertiary/aromatic N) is 1. The lowest BCUT2D eigenvalue weighted by atomic mass is 10.1. The number of amides is 1. The predicted octanol–water partition coefficient (Wildman–Crippen LogP) is 2.21. The van der Waals surface area contributed by atoms with Gasteiger partial charge in [-0.25, -0.2) is 0 Å². The molecule has 1 aromatic carbocycles. The summed E-state index contributed by atoms with van der Waals surface area (Å²) in [6.45, 7) is 3.02. The molecule has 0 aliphatic heterocycles. The largest absolute Gasteiger partial charge is 0.329 e. The maximum absolute atomic E-state index is 12.1. The van der Waals surface area contributed by atoms with E-state index in [1.165, 1.54) is 16.4 Å². The molecule has 4 nitrogen and oxygen atoms in total. The van der Waals surface area contributed by atoms with Crippen molar-refractivity contribution in [2.45, 2.75) is 25.8 Å². The number of hydrogen-bond donors (Lipinski definition) is 2. The molecule has 1 atom stereocenters. The Morgan fingerprint density at radius 3 is 2.80 bits per heavy atom. The summed E-state index contributed by atoms with van der Waals surface area (Å²) < 4.78 is 1.17. The lowest BCUT2D eigenvalue weighted by Gasteiger charge is -2.26. The maximum Gasteiger partial charge on any atom is 0.238 e. The first kappa shape index (κ1) is 15.7. The molecule has 1 unspecified atom stereocenters. The number of rotatable bonds is 6. The molecule has 1 aliphatic rings. The molecule has 1 aromatic rings. The van der Waals surface area contributed by atoms with E-state index in [1.54, 1.807) is 0 Å². The van der Waals surface area contributed by atoms with Crippen molar-refractivity contribution < 1.29 is 4.79 Å². The number of aryl methyl sites for hydroxylation is 1. The SMILES string of the molecule is Cc1cc(I)ccc1NC(=O)CN(C)C(CN)C1CC1. The van der Waals surface area contributed by atoms with Gasteiger partial charge in [0.05, 0.1) is 6.54 Å². The van der Waals surface area contributed by atoms with Crippen LogP contribution in [0.4, 0.5) is 5.69 Å². The van der Waals surface area contributed by atoms with Crippen LogP contribution in [-0.4, -0.2) is 37.0 Å². The van der Waals surface area contributed by atoms with Crippen molar-refractivity contribution in [1.29, 1.82) is 0 Å². The second-order valence-electron chi connectivity index (χ2n) is 5.56. The topological polar surface area (TPSA) is 58.4 Å². The van der Waals surface area contributed by atoms with Gasteiger partial charge in [0.25, 0.3) is 0 Å². The fourth-order valence-electron chi connectivity index (χ4n) is 2.51. The fourth-order valence-corrected chi connectivity index (χ4v) is 3.16. The molecular formula is C15H22IN3O. The summed E-state index contributed by atoms with van der Waals surface area (Å²) in [6, 6.07) is 6.35. The zero-order valence-electron chi connectivity index (χ0n) is 12.0. The average Bonchev–Trinajstić information content (AvgIpc) is 3.18. The molecule has 20 heavy (non-hydrogen) atoms. The molecule has 0 aromatic heterocycles. The second-order valence-corrected chi connectivity index (χ2v) is 6.81. The Kier molecular flexibility index (Phi) is 5.40. The molecule has 0 saturated heterocycles. The van der Waals surface area contributed by atoms with Gasteiger partial charge in [-0.15, -0.1) is 0 Å². The van der Waals surface area contributed by atoms with Crippen LogP contribution in [0.3, 0.4) is 0 Å². The smallest absolute Gasteiger partial charge is 0.238 e. The van der Waals surface area contributed by atoms with Gasteiger partial charge < -0.3 is 11.1 Å². The van der Waals surface area contributed by atoms with Gasteiger partial charge in [-0.3, -0.25) is 9.69 Å². The Bertz CT molecular complexity index is 488. The Balaban J connectivity index is 1.91. The van der Waals surface area contributed by atoms with E-state index in [2.05, 4.69) is 38.9 Å². The normalized spacial score (nSPS) is 16.2. The first-order valence-electron chi connectivity index (χ1n) is 6.97. The number of halogens is 1. The highest BCUT2D eigenvalue weighted by atomic mass is 127. The summed E-state index contributed by atoms with van der Waals surface area (Å²) in [5, 5.41) is 2.98. The highest BCUT2D eigenvalue weighted by Gasteiger charge is 2.33. The molecule has 0 radical (unpaired) electrons. The van der Waals surface area contributed by atoms with Gasteiger partial charge in [0.2, 0.25) is 5.91 Å². The molecule has 1 aliphatic carbocycles. The Hall–Kier alpha value is -0.660. The van der Waals surface area contributed by atoms with Crippen molar-refractivity contribution in [1.82, 2.24) is 4.90 Å². The van der Waals surface area contributed by atoms with E-state index in [4.69, 9.17) is 5.73 Å². The quantitative estimate of drug-likeness (QED) is 0.736. The highest BCUT2D eigenvalue weighted by Crippen LogP contribution is 2.34. The van der Waals surface area contributed by atoms with Crippen molar-refractivity contribution in [3.63, 3.8) is 0 Å². The molecule has 5 heteroatoms. The van der Waals surface area contributed by atoms with E-state index < -0.39 is 0 Å². The van der Waals surface area contributed by atoms with Gasteiger partial charge in [0.1, 0.15) is 0 Å². The molecule has 1 saturated carbocycles. The number of carbonyl (C=O) groups is 1. The van der Waals surface area contributed by atoms with Gasteiger partial charge in [-0.2, -0.15) is 0 Å². The van der Waals surface area contributed by atoms with E-state index in [9.17, 15) is 4.79 Å². The summed E-state index contributed by atoms with van der Waals surface area (Å²) in [5.74, 6) is 0.703. The second kappa shape index (κ2) is 6.87.